The summed E-state index contributed by atoms with van der Waals surface area (Å²) in [4.78, 5) is 1.59. The maximum Gasteiger partial charge on any atom is 0.291 e. The molecule has 2 aliphatic heterocycles. The van der Waals surface area contributed by atoms with E-state index in [0.29, 0.717) is 30.1 Å². The van der Waals surface area contributed by atoms with Crippen LogP contribution in [0.1, 0.15) is 25.3 Å². The van der Waals surface area contributed by atoms with Gasteiger partial charge in [0.05, 0.1) is 18.9 Å². The lowest BCUT2D eigenvalue weighted by atomic mass is 10.0. The second-order valence-electron chi connectivity index (χ2n) is 8.95. The first-order valence-electron chi connectivity index (χ1n) is 10.9. The number of hydrogen-bond acceptors (Lipinski definition) is 10. The molecule has 0 amide bonds. The van der Waals surface area contributed by atoms with Crippen LogP contribution in [-0.2, 0) is 14.8 Å². The van der Waals surface area contributed by atoms with Crippen LogP contribution in [0, 0.1) is 0 Å². The summed E-state index contributed by atoms with van der Waals surface area (Å²) in [7, 11) is -4.47. The normalized spacial score (nSPS) is 22.5. The third-order valence-corrected chi connectivity index (χ3v) is 8.41. The molecule has 2 aliphatic rings. The van der Waals surface area contributed by atoms with Gasteiger partial charge in [-0.15, -0.1) is 20.4 Å². The van der Waals surface area contributed by atoms with E-state index in [9.17, 15) is 26.0 Å². The third kappa shape index (κ3) is 4.42. The molecule has 0 radical (unpaired) electrons. The SMILES string of the molecule is C[C@H]1CN(c2cc(S(=O)(=O)NC3(C(F)F)COC3)cn3c(-c4nnc(C(F)F)s4)nnc23)C[C@H](C)N1. The zero-order valence-corrected chi connectivity index (χ0v) is 20.7. The Morgan fingerprint density at radius 3 is 2.39 bits per heavy atom. The Morgan fingerprint density at radius 1 is 1.14 bits per heavy atom. The Labute approximate surface area is 206 Å². The van der Waals surface area contributed by atoms with Crippen molar-refractivity contribution in [3.63, 3.8) is 0 Å². The molecule has 0 unspecified atom stereocenters. The van der Waals surface area contributed by atoms with Gasteiger partial charge in [0, 0.05) is 31.4 Å². The third-order valence-electron chi connectivity index (χ3n) is 5.96. The number of nitrogens with zero attached hydrogens (tertiary/aromatic N) is 6. The minimum atomic E-state index is -4.47. The molecule has 0 aromatic carbocycles. The number of hydrogen-bond donors (Lipinski definition) is 2. The molecule has 3 aromatic heterocycles. The van der Waals surface area contributed by atoms with Gasteiger partial charge in [0.2, 0.25) is 10.0 Å². The van der Waals surface area contributed by atoms with Crippen molar-refractivity contribution in [1.29, 1.82) is 0 Å². The highest BCUT2D eigenvalue weighted by molar-refractivity contribution is 7.89. The lowest BCUT2D eigenvalue weighted by molar-refractivity contribution is -0.134. The number of anilines is 1. The molecule has 2 fully saturated rings. The van der Waals surface area contributed by atoms with E-state index in [2.05, 4.69) is 30.4 Å². The fourth-order valence-electron chi connectivity index (χ4n) is 4.29. The van der Waals surface area contributed by atoms with Gasteiger partial charge in [0.25, 0.3) is 12.9 Å². The molecule has 5 rings (SSSR count). The average molecular weight is 551 g/mol. The average Bonchev–Trinajstić information content (AvgIpc) is 3.41. The van der Waals surface area contributed by atoms with Gasteiger partial charge < -0.3 is 15.0 Å². The minimum absolute atomic E-state index is 0.000480. The van der Waals surface area contributed by atoms with Crippen molar-refractivity contribution in [1.82, 2.24) is 34.8 Å². The van der Waals surface area contributed by atoms with Gasteiger partial charge in [-0.3, -0.25) is 4.40 Å². The standard InChI is InChI=1S/C19H22F4N8O3S2/c1-9-4-30(5-10(2)24-9)12-3-11(36(32,33)29-19(18(22)23)7-34-8-19)6-31-14(12)25-26-15(31)17-28-27-16(35-17)13(20)21/h3,6,9-10,13,18,24,29H,4-5,7-8H2,1-2H3/t9-,10-/m0/s1. The lowest BCUT2D eigenvalue weighted by Gasteiger charge is -2.40. The summed E-state index contributed by atoms with van der Waals surface area (Å²) < 4.78 is 88.4. The molecular formula is C19H22F4N8O3S2. The largest absolute Gasteiger partial charge is 0.377 e. The van der Waals surface area contributed by atoms with E-state index in [1.807, 2.05) is 18.7 Å². The molecule has 11 nitrogen and oxygen atoms in total. The molecule has 2 atom stereocenters. The van der Waals surface area contributed by atoms with E-state index >= 15 is 0 Å². The van der Waals surface area contributed by atoms with E-state index in [4.69, 9.17) is 4.74 Å². The van der Waals surface area contributed by atoms with Gasteiger partial charge in [-0.05, 0) is 19.9 Å². The molecular weight excluding hydrogens is 528 g/mol. The number of halogens is 4. The van der Waals surface area contributed by atoms with Gasteiger partial charge in [-0.2, -0.15) is 4.72 Å². The van der Waals surface area contributed by atoms with Gasteiger partial charge >= 0.3 is 0 Å². The number of alkyl halides is 4. The van der Waals surface area contributed by atoms with Crippen LogP contribution >= 0.6 is 11.3 Å². The zero-order valence-electron chi connectivity index (χ0n) is 19.0. The molecule has 2 N–H and O–H groups in total. The number of aromatic nitrogens is 5. The van der Waals surface area contributed by atoms with E-state index in [0.717, 1.165) is 6.20 Å². The Kier molecular flexibility index (Phi) is 6.39. The van der Waals surface area contributed by atoms with Crippen molar-refractivity contribution in [2.45, 2.75) is 49.2 Å². The second-order valence-corrected chi connectivity index (χ2v) is 11.6. The second kappa shape index (κ2) is 9.13. The number of rotatable bonds is 7. The number of pyridine rings is 1. The fourth-order valence-corrected chi connectivity index (χ4v) is 6.34. The van der Waals surface area contributed by atoms with E-state index < -0.39 is 46.6 Å². The number of sulfonamides is 1. The van der Waals surface area contributed by atoms with Crippen LogP contribution in [0.2, 0.25) is 0 Å². The van der Waals surface area contributed by atoms with Gasteiger partial charge in [-0.25, -0.2) is 26.0 Å². The molecule has 5 heterocycles. The molecule has 196 valence electrons. The summed E-state index contributed by atoms with van der Waals surface area (Å²) in [6.07, 6.45) is -4.67. The molecule has 3 aromatic rings. The van der Waals surface area contributed by atoms with Crippen LogP contribution in [0.5, 0.6) is 0 Å². The van der Waals surface area contributed by atoms with Crippen molar-refractivity contribution >= 4 is 32.7 Å². The van der Waals surface area contributed by atoms with Gasteiger partial charge in [0.15, 0.2) is 21.5 Å². The zero-order chi connectivity index (χ0) is 25.8. The highest BCUT2D eigenvalue weighted by atomic mass is 32.2. The highest BCUT2D eigenvalue weighted by Gasteiger charge is 2.50. The van der Waals surface area contributed by atoms with Crippen LogP contribution in [0.15, 0.2) is 17.2 Å². The Bertz CT molecular complexity index is 1370. The number of ether oxygens (including phenoxy) is 1. The van der Waals surface area contributed by atoms with Crippen molar-refractivity contribution < 1.29 is 30.7 Å². The molecule has 17 heteroatoms. The molecule has 36 heavy (non-hydrogen) atoms. The van der Waals surface area contributed by atoms with E-state index in [1.54, 1.807) is 0 Å². The maximum atomic E-state index is 13.7. The molecule has 2 saturated heterocycles. The topological polar surface area (TPSA) is 127 Å². The van der Waals surface area contributed by atoms with Gasteiger partial charge in [-0.1, -0.05) is 11.3 Å². The minimum Gasteiger partial charge on any atom is -0.377 e. The van der Waals surface area contributed by atoms with E-state index in [1.165, 1.54) is 10.5 Å². The predicted molar refractivity (Wildman–Crippen MR) is 121 cm³/mol. The summed E-state index contributed by atoms with van der Waals surface area (Å²) in [6, 6.07) is 1.46. The Hall–Kier alpha value is -2.47. The first-order chi connectivity index (χ1) is 17.0. The van der Waals surface area contributed by atoms with Crippen molar-refractivity contribution in [3.05, 3.63) is 17.3 Å². The Morgan fingerprint density at radius 2 is 1.83 bits per heavy atom. The van der Waals surface area contributed by atoms with Crippen LogP contribution in [0.25, 0.3) is 16.5 Å². The van der Waals surface area contributed by atoms with Crippen LogP contribution in [0.3, 0.4) is 0 Å². The number of fused-ring (bicyclic) bond motifs is 1. The smallest absolute Gasteiger partial charge is 0.291 e. The summed E-state index contributed by atoms with van der Waals surface area (Å²) in [6.45, 7) is 4.00. The fraction of sp³-hybridized carbons (Fsp3) is 0.579. The first-order valence-corrected chi connectivity index (χ1v) is 13.2. The first kappa shape index (κ1) is 25.2. The lowest BCUT2D eigenvalue weighted by Crippen LogP contribution is -2.66. The summed E-state index contributed by atoms with van der Waals surface area (Å²) >= 11 is 0.596. The summed E-state index contributed by atoms with van der Waals surface area (Å²) in [5.74, 6) is -0.000480. The molecule has 0 saturated carbocycles. The van der Waals surface area contributed by atoms with Crippen LogP contribution in [-0.4, -0.2) is 83.6 Å². The van der Waals surface area contributed by atoms with Crippen molar-refractivity contribution in [2.75, 3.05) is 31.2 Å². The van der Waals surface area contributed by atoms with Crippen LogP contribution < -0.4 is 14.9 Å². The quantitative estimate of drug-likeness (QED) is 0.423. The highest BCUT2D eigenvalue weighted by Crippen LogP contribution is 2.34. The maximum absolute atomic E-state index is 13.7. The summed E-state index contributed by atoms with van der Waals surface area (Å²) in [5.41, 5.74) is -1.38. The number of nitrogens with one attached hydrogen (secondary N) is 2. The molecule has 0 bridgehead atoms. The Balaban J connectivity index is 1.65. The van der Waals surface area contributed by atoms with Gasteiger partial charge in [0.1, 0.15) is 10.4 Å². The van der Waals surface area contributed by atoms with Crippen molar-refractivity contribution in [2.24, 2.45) is 0 Å². The predicted octanol–water partition coefficient (Wildman–Crippen LogP) is 1.68. The number of piperazine rings is 1. The monoisotopic (exact) mass is 550 g/mol. The molecule has 0 aliphatic carbocycles. The van der Waals surface area contributed by atoms with Crippen LogP contribution in [0.4, 0.5) is 23.2 Å². The van der Waals surface area contributed by atoms with Crippen molar-refractivity contribution in [3.8, 4) is 10.8 Å². The molecule has 0 spiro atoms. The van der Waals surface area contributed by atoms with E-state index in [-0.39, 0.29) is 33.5 Å². The summed E-state index contributed by atoms with van der Waals surface area (Å²) in [5, 5.41) is 18.3.